The van der Waals surface area contributed by atoms with Crippen LogP contribution in [0.15, 0.2) is 12.2 Å². The molecule has 3 saturated carbocycles. The van der Waals surface area contributed by atoms with Gasteiger partial charge in [0.1, 0.15) is 0 Å². The number of hydrogen-bond acceptors (Lipinski definition) is 3. The summed E-state index contributed by atoms with van der Waals surface area (Å²) in [6, 6.07) is 0. The third kappa shape index (κ3) is 7.48. The first-order valence-electron chi connectivity index (χ1n) is 14.0. The molecule has 3 aliphatic carbocycles. The largest absolute Gasteiger partial charge is 0.378 e. The molecule has 0 aromatic heterocycles. The third-order valence-corrected chi connectivity index (χ3v) is 9.23. The van der Waals surface area contributed by atoms with E-state index in [0.717, 1.165) is 63.4 Å². The van der Waals surface area contributed by atoms with Crippen LogP contribution < -0.4 is 0 Å². The first kappa shape index (κ1) is 25.6. The van der Waals surface area contributed by atoms with Crippen LogP contribution in [0.3, 0.4) is 0 Å². The number of unbranched alkanes of at least 4 members (excludes halogenated alkanes) is 1. The minimum absolute atomic E-state index is 0.0233. The van der Waals surface area contributed by atoms with E-state index in [0.29, 0.717) is 23.9 Å². The number of ether oxygens (including phenoxy) is 3. The van der Waals surface area contributed by atoms with Gasteiger partial charge in [-0.15, -0.1) is 0 Å². The van der Waals surface area contributed by atoms with Gasteiger partial charge in [0, 0.05) is 18.4 Å². The lowest BCUT2D eigenvalue weighted by molar-refractivity contribution is -0.237. The minimum atomic E-state index is -1.52. The third-order valence-electron chi connectivity index (χ3n) is 9.23. The van der Waals surface area contributed by atoms with E-state index in [4.69, 9.17) is 14.2 Å². The second kappa shape index (κ2) is 13.0. The molecular formula is C28H46F2O3. The van der Waals surface area contributed by atoms with E-state index < -0.39 is 6.08 Å². The van der Waals surface area contributed by atoms with Crippen molar-refractivity contribution in [2.75, 3.05) is 19.8 Å². The fourth-order valence-corrected chi connectivity index (χ4v) is 7.05. The zero-order valence-corrected chi connectivity index (χ0v) is 20.7. The lowest BCUT2D eigenvalue weighted by Crippen LogP contribution is -2.42. The Bertz CT molecular complexity index is 576. The van der Waals surface area contributed by atoms with Crippen molar-refractivity contribution in [2.24, 2.45) is 35.5 Å². The molecule has 33 heavy (non-hydrogen) atoms. The lowest BCUT2D eigenvalue weighted by atomic mass is 9.70. The molecule has 0 bridgehead atoms. The highest BCUT2D eigenvalue weighted by Crippen LogP contribution is 2.43. The SMILES string of the molecule is CCCCOC1CCC(C2CCC(C3OCC(C4CCC(C=C(F)F)CC4)CO3)CC2)CC1. The van der Waals surface area contributed by atoms with Crippen LogP contribution in [-0.2, 0) is 14.2 Å². The molecule has 0 unspecified atom stereocenters. The molecule has 1 saturated heterocycles. The Morgan fingerprint density at radius 2 is 1.24 bits per heavy atom. The number of halogens is 2. The fraction of sp³-hybridized carbons (Fsp3) is 0.929. The van der Waals surface area contributed by atoms with E-state index in [-0.39, 0.29) is 12.2 Å². The van der Waals surface area contributed by atoms with Gasteiger partial charge in [-0.25, -0.2) is 0 Å². The van der Waals surface area contributed by atoms with Gasteiger partial charge >= 0.3 is 0 Å². The Kier molecular flexibility index (Phi) is 10.1. The van der Waals surface area contributed by atoms with E-state index in [1.165, 1.54) is 64.2 Å². The average Bonchev–Trinajstić information content (AvgIpc) is 2.85. The van der Waals surface area contributed by atoms with Crippen molar-refractivity contribution in [1.82, 2.24) is 0 Å². The van der Waals surface area contributed by atoms with Crippen LogP contribution in [0.1, 0.15) is 96.8 Å². The van der Waals surface area contributed by atoms with Crippen LogP contribution in [0.2, 0.25) is 0 Å². The monoisotopic (exact) mass is 468 g/mol. The molecular weight excluding hydrogens is 422 g/mol. The van der Waals surface area contributed by atoms with Crippen molar-refractivity contribution in [3.05, 3.63) is 12.2 Å². The highest BCUT2D eigenvalue weighted by Gasteiger charge is 2.38. The molecule has 0 aromatic rings. The molecule has 0 radical (unpaired) electrons. The standard InChI is InChI=1S/C28H46F2O3/c1-2-3-16-31-26-14-12-22(13-15-26)21-8-10-24(11-9-21)28-32-18-25(19-33-28)23-6-4-20(5-7-23)17-27(29)30/h17,20-26,28H,2-16,18-19H2,1H3. The topological polar surface area (TPSA) is 27.7 Å². The first-order valence-corrected chi connectivity index (χ1v) is 14.0. The van der Waals surface area contributed by atoms with Crippen molar-refractivity contribution in [2.45, 2.75) is 109 Å². The van der Waals surface area contributed by atoms with Crippen molar-refractivity contribution in [1.29, 1.82) is 0 Å². The molecule has 0 spiro atoms. The van der Waals surface area contributed by atoms with Gasteiger partial charge < -0.3 is 14.2 Å². The molecule has 4 fully saturated rings. The Hall–Kier alpha value is -0.520. The summed E-state index contributed by atoms with van der Waals surface area (Å²) in [6.45, 7) is 4.74. The maximum atomic E-state index is 12.5. The van der Waals surface area contributed by atoms with Crippen LogP contribution in [0.4, 0.5) is 8.78 Å². The molecule has 190 valence electrons. The summed E-state index contributed by atoms with van der Waals surface area (Å²) in [5.74, 6) is 3.38. The van der Waals surface area contributed by atoms with Gasteiger partial charge in [-0.3, -0.25) is 0 Å². The summed E-state index contributed by atoms with van der Waals surface area (Å²) in [4.78, 5) is 0. The molecule has 0 N–H and O–H groups in total. The average molecular weight is 469 g/mol. The maximum absolute atomic E-state index is 12.5. The maximum Gasteiger partial charge on any atom is 0.266 e. The first-order chi connectivity index (χ1) is 16.1. The molecule has 0 atom stereocenters. The van der Waals surface area contributed by atoms with E-state index in [1.807, 2.05) is 0 Å². The van der Waals surface area contributed by atoms with Gasteiger partial charge in [-0.05, 0) is 113 Å². The molecule has 0 aromatic carbocycles. The smallest absolute Gasteiger partial charge is 0.266 e. The van der Waals surface area contributed by atoms with Crippen LogP contribution in [0.25, 0.3) is 0 Å². The Balaban J connectivity index is 1.11. The predicted octanol–water partition coefficient (Wildman–Crippen LogP) is 7.74. The quantitative estimate of drug-likeness (QED) is 0.341. The summed E-state index contributed by atoms with van der Waals surface area (Å²) in [5.41, 5.74) is 0. The van der Waals surface area contributed by atoms with Crippen LogP contribution >= 0.6 is 0 Å². The zero-order valence-electron chi connectivity index (χ0n) is 20.7. The van der Waals surface area contributed by atoms with Crippen molar-refractivity contribution in [3.63, 3.8) is 0 Å². The van der Waals surface area contributed by atoms with Crippen molar-refractivity contribution >= 4 is 0 Å². The Morgan fingerprint density at radius 1 is 0.727 bits per heavy atom. The number of hydrogen-bond donors (Lipinski definition) is 0. The van der Waals surface area contributed by atoms with Gasteiger partial charge in [-0.2, -0.15) is 8.78 Å². The Morgan fingerprint density at radius 3 is 1.82 bits per heavy atom. The van der Waals surface area contributed by atoms with Crippen LogP contribution in [-0.4, -0.2) is 32.2 Å². The molecule has 1 aliphatic heterocycles. The number of rotatable bonds is 8. The van der Waals surface area contributed by atoms with Gasteiger partial charge in [0.2, 0.25) is 0 Å². The van der Waals surface area contributed by atoms with E-state index >= 15 is 0 Å². The zero-order chi connectivity index (χ0) is 23.0. The van der Waals surface area contributed by atoms with Crippen molar-refractivity contribution < 1.29 is 23.0 Å². The summed E-state index contributed by atoms with van der Waals surface area (Å²) < 4.78 is 43.6. The summed E-state index contributed by atoms with van der Waals surface area (Å²) >= 11 is 0. The summed E-state index contributed by atoms with van der Waals surface area (Å²) in [5, 5.41) is 0. The van der Waals surface area contributed by atoms with E-state index in [9.17, 15) is 8.78 Å². The van der Waals surface area contributed by atoms with Gasteiger partial charge in [-0.1, -0.05) is 13.3 Å². The summed E-state index contributed by atoms with van der Waals surface area (Å²) in [6.07, 6.45) is 16.6. The molecule has 4 aliphatic rings. The van der Waals surface area contributed by atoms with E-state index in [1.54, 1.807) is 0 Å². The van der Waals surface area contributed by atoms with Crippen LogP contribution in [0.5, 0.6) is 0 Å². The van der Waals surface area contributed by atoms with Gasteiger partial charge in [0.25, 0.3) is 6.08 Å². The molecule has 3 nitrogen and oxygen atoms in total. The highest BCUT2D eigenvalue weighted by molar-refractivity contribution is 4.92. The highest BCUT2D eigenvalue weighted by atomic mass is 19.3. The normalized spacial score (nSPS) is 40.3. The lowest BCUT2D eigenvalue weighted by Gasteiger charge is -2.42. The molecule has 1 heterocycles. The van der Waals surface area contributed by atoms with Crippen molar-refractivity contribution in [3.8, 4) is 0 Å². The summed E-state index contributed by atoms with van der Waals surface area (Å²) in [7, 11) is 0. The van der Waals surface area contributed by atoms with Crippen LogP contribution in [0, 0.1) is 35.5 Å². The predicted molar refractivity (Wildman–Crippen MR) is 127 cm³/mol. The molecule has 4 rings (SSSR count). The molecule has 5 heteroatoms. The van der Waals surface area contributed by atoms with Gasteiger partial charge in [0.15, 0.2) is 6.29 Å². The molecule has 0 amide bonds. The number of allylic oxidation sites excluding steroid dienone is 1. The van der Waals surface area contributed by atoms with E-state index in [2.05, 4.69) is 6.92 Å². The van der Waals surface area contributed by atoms with Gasteiger partial charge in [0.05, 0.1) is 19.3 Å². The second-order valence-electron chi connectivity index (χ2n) is 11.4. The second-order valence-corrected chi connectivity index (χ2v) is 11.4. The Labute approximate surface area is 200 Å². The minimum Gasteiger partial charge on any atom is -0.378 e. The fourth-order valence-electron chi connectivity index (χ4n) is 7.05.